The molecule has 5 heteroatoms. The zero-order valence-corrected chi connectivity index (χ0v) is 14.2. The SMILES string of the molecule is Cc1nn(Cc2ccccc2)c(C)c1C(=O)OCc1cccc(F)c1. The number of rotatable bonds is 5. The summed E-state index contributed by atoms with van der Waals surface area (Å²) in [6, 6.07) is 15.9. The summed E-state index contributed by atoms with van der Waals surface area (Å²) in [5, 5.41) is 4.45. The Morgan fingerprint density at radius 2 is 1.80 bits per heavy atom. The summed E-state index contributed by atoms with van der Waals surface area (Å²) in [7, 11) is 0. The maximum Gasteiger partial charge on any atom is 0.342 e. The van der Waals surface area contributed by atoms with E-state index in [1.54, 1.807) is 23.7 Å². The zero-order chi connectivity index (χ0) is 17.8. The second-order valence-electron chi connectivity index (χ2n) is 5.90. The Kier molecular flexibility index (Phi) is 4.93. The highest BCUT2D eigenvalue weighted by Gasteiger charge is 2.20. The minimum absolute atomic E-state index is 0.0271. The van der Waals surface area contributed by atoms with Crippen LogP contribution in [0.15, 0.2) is 54.6 Å². The van der Waals surface area contributed by atoms with Crippen molar-refractivity contribution in [3.8, 4) is 0 Å². The molecule has 0 radical (unpaired) electrons. The van der Waals surface area contributed by atoms with Crippen LogP contribution >= 0.6 is 0 Å². The van der Waals surface area contributed by atoms with Gasteiger partial charge in [0.2, 0.25) is 0 Å². The van der Waals surface area contributed by atoms with Crippen LogP contribution in [0, 0.1) is 19.7 Å². The van der Waals surface area contributed by atoms with Crippen molar-refractivity contribution in [3.05, 3.63) is 88.5 Å². The summed E-state index contributed by atoms with van der Waals surface area (Å²) in [6.45, 7) is 4.25. The van der Waals surface area contributed by atoms with Gasteiger partial charge in [0.1, 0.15) is 18.0 Å². The predicted octanol–water partition coefficient (Wildman–Crippen LogP) is 4.04. The minimum atomic E-state index is -0.446. The molecule has 0 aliphatic rings. The largest absolute Gasteiger partial charge is 0.457 e. The van der Waals surface area contributed by atoms with Crippen LogP contribution in [0.4, 0.5) is 4.39 Å². The van der Waals surface area contributed by atoms with E-state index in [2.05, 4.69) is 5.10 Å². The topological polar surface area (TPSA) is 44.1 Å². The Labute approximate surface area is 145 Å². The fourth-order valence-electron chi connectivity index (χ4n) is 2.75. The van der Waals surface area contributed by atoms with Gasteiger partial charge in [-0.2, -0.15) is 5.10 Å². The van der Waals surface area contributed by atoms with Crippen molar-refractivity contribution in [2.24, 2.45) is 0 Å². The average Bonchev–Trinajstić information content (AvgIpc) is 2.87. The number of halogens is 1. The molecule has 0 unspecified atom stereocenters. The van der Waals surface area contributed by atoms with E-state index < -0.39 is 5.97 Å². The number of aryl methyl sites for hydroxylation is 1. The molecule has 1 aromatic heterocycles. The van der Waals surface area contributed by atoms with Gasteiger partial charge in [0.25, 0.3) is 0 Å². The lowest BCUT2D eigenvalue weighted by atomic mass is 10.2. The highest BCUT2D eigenvalue weighted by Crippen LogP contribution is 2.17. The summed E-state index contributed by atoms with van der Waals surface area (Å²) in [5.74, 6) is -0.796. The lowest BCUT2D eigenvalue weighted by Gasteiger charge is -2.07. The number of nitrogens with zero attached hydrogens (tertiary/aromatic N) is 2. The quantitative estimate of drug-likeness (QED) is 0.659. The molecule has 128 valence electrons. The van der Waals surface area contributed by atoms with E-state index in [1.165, 1.54) is 12.1 Å². The molecular weight excluding hydrogens is 319 g/mol. The molecule has 0 spiro atoms. The van der Waals surface area contributed by atoms with Crippen molar-refractivity contribution in [3.63, 3.8) is 0 Å². The van der Waals surface area contributed by atoms with E-state index in [0.29, 0.717) is 23.4 Å². The number of hydrogen-bond acceptors (Lipinski definition) is 3. The maximum atomic E-state index is 13.2. The van der Waals surface area contributed by atoms with Crippen molar-refractivity contribution in [2.75, 3.05) is 0 Å². The third-order valence-corrected chi connectivity index (χ3v) is 4.02. The molecule has 0 saturated carbocycles. The van der Waals surface area contributed by atoms with Crippen molar-refractivity contribution in [2.45, 2.75) is 27.0 Å². The van der Waals surface area contributed by atoms with Crippen LogP contribution < -0.4 is 0 Å². The molecule has 0 saturated heterocycles. The van der Waals surface area contributed by atoms with Gasteiger partial charge < -0.3 is 4.74 Å². The highest BCUT2D eigenvalue weighted by atomic mass is 19.1. The minimum Gasteiger partial charge on any atom is -0.457 e. The summed E-state index contributed by atoms with van der Waals surface area (Å²) in [4.78, 5) is 12.4. The number of esters is 1. The standard InChI is InChI=1S/C20H19FN2O2/c1-14-19(20(24)25-13-17-9-6-10-18(21)11-17)15(2)23(22-14)12-16-7-4-3-5-8-16/h3-11H,12-13H2,1-2H3. The molecule has 1 heterocycles. The molecular formula is C20H19FN2O2. The van der Waals surface area contributed by atoms with E-state index in [9.17, 15) is 9.18 Å². The highest BCUT2D eigenvalue weighted by molar-refractivity contribution is 5.91. The Morgan fingerprint density at radius 3 is 2.52 bits per heavy atom. The number of aromatic nitrogens is 2. The van der Waals surface area contributed by atoms with Crippen LogP contribution in [0.5, 0.6) is 0 Å². The van der Waals surface area contributed by atoms with Gasteiger partial charge in [0, 0.05) is 0 Å². The molecule has 3 aromatic rings. The molecule has 0 fully saturated rings. The van der Waals surface area contributed by atoms with E-state index in [1.807, 2.05) is 37.3 Å². The average molecular weight is 338 g/mol. The molecule has 0 amide bonds. The van der Waals surface area contributed by atoms with E-state index in [0.717, 1.165) is 11.3 Å². The number of benzene rings is 2. The normalized spacial score (nSPS) is 10.7. The molecule has 4 nitrogen and oxygen atoms in total. The third kappa shape index (κ3) is 3.94. The molecule has 0 N–H and O–H groups in total. The van der Waals surface area contributed by atoms with Gasteiger partial charge in [0.05, 0.1) is 17.9 Å². The van der Waals surface area contributed by atoms with Gasteiger partial charge in [0.15, 0.2) is 0 Å². The Balaban J connectivity index is 1.74. The first-order chi connectivity index (χ1) is 12.0. The van der Waals surface area contributed by atoms with Crippen LogP contribution in [-0.4, -0.2) is 15.7 Å². The molecule has 0 atom stereocenters. The Morgan fingerprint density at radius 1 is 1.08 bits per heavy atom. The summed E-state index contributed by atoms with van der Waals surface area (Å²) >= 11 is 0. The first-order valence-corrected chi connectivity index (χ1v) is 8.04. The third-order valence-electron chi connectivity index (χ3n) is 4.02. The lowest BCUT2D eigenvalue weighted by Crippen LogP contribution is -2.09. The first kappa shape index (κ1) is 16.9. The summed E-state index contributed by atoms with van der Waals surface area (Å²) in [6.07, 6.45) is 0. The van der Waals surface area contributed by atoms with Gasteiger partial charge in [-0.1, -0.05) is 42.5 Å². The van der Waals surface area contributed by atoms with Gasteiger partial charge >= 0.3 is 5.97 Å². The molecule has 0 bridgehead atoms. The molecule has 0 aliphatic carbocycles. The fourth-order valence-corrected chi connectivity index (χ4v) is 2.75. The van der Waals surface area contributed by atoms with Gasteiger partial charge in [-0.05, 0) is 37.1 Å². The number of carbonyl (C=O) groups is 1. The van der Waals surface area contributed by atoms with Crippen molar-refractivity contribution < 1.29 is 13.9 Å². The van der Waals surface area contributed by atoms with Crippen LogP contribution in [0.2, 0.25) is 0 Å². The van der Waals surface area contributed by atoms with E-state index >= 15 is 0 Å². The lowest BCUT2D eigenvalue weighted by molar-refractivity contribution is 0.0470. The second kappa shape index (κ2) is 7.30. The predicted molar refractivity (Wildman–Crippen MR) is 92.8 cm³/mol. The van der Waals surface area contributed by atoms with Crippen LogP contribution in [-0.2, 0) is 17.9 Å². The van der Waals surface area contributed by atoms with E-state index in [4.69, 9.17) is 4.74 Å². The van der Waals surface area contributed by atoms with Crippen molar-refractivity contribution >= 4 is 5.97 Å². The van der Waals surface area contributed by atoms with Gasteiger partial charge in [-0.15, -0.1) is 0 Å². The number of ether oxygens (including phenoxy) is 1. The smallest absolute Gasteiger partial charge is 0.342 e. The summed E-state index contributed by atoms with van der Waals surface area (Å²) in [5.41, 5.74) is 3.56. The number of hydrogen-bond donors (Lipinski definition) is 0. The Bertz CT molecular complexity index is 888. The second-order valence-corrected chi connectivity index (χ2v) is 5.90. The van der Waals surface area contributed by atoms with Crippen molar-refractivity contribution in [1.29, 1.82) is 0 Å². The van der Waals surface area contributed by atoms with Crippen LogP contribution in [0.1, 0.15) is 32.9 Å². The van der Waals surface area contributed by atoms with Gasteiger partial charge in [-0.3, -0.25) is 4.68 Å². The monoisotopic (exact) mass is 338 g/mol. The summed E-state index contributed by atoms with van der Waals surface area (Å²) < 4.78 is 20.3. The fraction of sp³-hybridized carbons (Fsp3) is 0.200. The molecule has 2 aromatic carbocycles. The van der Waals surface area contributed by atoms with Crippen LogP contribution in [0.25, 0.3) is 0 Å². The Hall–Kier alpha value is -2.95. The van der Waals surface area contributed by atoms with Crippen LogP contribution in [0.3, 0.4) is 0 Å². The van der Waals surface area contributed by atoms with E-state index in [-0.39, 0.29) is 12.4 Å². The maximum absolute atomic E-state index is 13.2. The zero-order valence-electron chi connectivity index (χ0n) is 14.2. The number of carbonyl (C=O) groups excluding carboxylic acids is 1. The first-order valence-electron chi connectivity index (χ1n) is 8.04. The molecule has 25 heavy (non-hydrogen) atoms. The molecule has 3 rings (SSSR count). The van der Waals surface area contributed by atoms with Crippen molar-refractivity contribution in [1.82, 2.24) is 9.78 Å². The molecule has 0 aliphatic heterocycles. The van der Waals surface area contributed by atoms with Gasteiger partial charge in [-0.25, -0.2) is 9.18 Å².